The minimum absolute atomic E-state index is 0.0486. The predicted molar refractivity (Wildman–Crippen MR) is 93.4 cm³/mol. The molecule has 1 atom stereocenters. The number of ether oxygens (including phenoxy) is 2. The van der Waals surface area contributed by atoms with Crippen LogP contribution in [-0.4, -0.2) is 57.1 Å². The Kier molecular flexibility index (Phi) is 9.82. The molecule has 1 unspecified atom stereocenters. The highest BCUT2D eigenvalue weighted by Gasteiger charge is 2.30. The van der Waals surface area contributed by atoms with Crippen molar-refractivity contribution < 1.29 is 27.8 Å². The van der Waals surface area contributed by atoms with E-state index in [1.165, 1.54) is 12.1 Å². The van der Waals surface area contributed by atoms with E-state index in [1.54, 1.807) is 7.11 Å². The van der Waals surface area contributed by atoms with Crippen molar-refractivity contribution in [3.63, 3.8) is 0 Å². The third kappa shape index (κ3) is 8.91. The number of alkyl halides is 3. The molecule has 6 nitrogen and oxygen atoms in total. The van der Waals surface area contributed by atoms with Crippen LogP contribution in [-0.2, 0) is 10.9 Å². The van der Waals surface area contributed by atoms with Gasteiger partial charge in [0.2, 0.25) is 0 Å². The molecular weight excluding hydrogens is 351 g/mol. The van der Waals surface area contributed by atoms with Gasteiger partial charge in [0.15, 0.2) is 5.96 Å². The van der Waals surface area contributed by atoms with Crippen molar-refractivity contribution in [2.45, 2.75) is 25.6 Å². The molecule has 3 N–H and O–H groups in total. The van der Waals surface area contributed by atoms with E-state index in [-0.39, 0.29) is 18.9 Å². The molecule has 26 heavy (non-hydrogen) atoms. The Morgan fingerprint density at radius 1 is 1.31 bits per heavy atom. The summed E-state index contributed by atoms with van der Waals surface area (Å²) in [7, 11) is 1.63. The fourth-order valence-electron chi connectivity index (χ4n) is 1.97. The van der Waals surface area contributed by atoms with Crippen LogP contribution in [0.2, 0.25) is 0 Å². The highest BCUT2D eigenvalue weighted by molar-refractivity contribution is 5.79. The van der Waals surface area contributed by atoms with Crippen LogP contribution in [0.1, 0.15) is 18.9 Å². The molecule has 0 aliphatic carbocycles. The number of aliphatic hydroxyl groups is 1. The molecule has 0 heterocycles. The number of rotatable bonds is 10. The SMILES string of the molecule is CCNC(=NCC(O)COc1cccc(C(F)(F)F)c1)NCCCOC. The van der Waals surface area contributed by atoms with Gasteiger partial charge in [0.1, 0.15) is 18.5 Å². The molecule has 1 rings (SSSR count). The summed E-state index contributed by atoms with van der Waals surface area (Å²) in [5, 5.41) is 16.1. The summed E-state index contributed by atoms with van der Waals surface area (Å²) in [4.78, 5) is 4.22. The third-order valence-corrected chi connectivity index (χ3v) is 3.23. The maximum Gasteiger partial charge on any atom is 0.416 e. The molecule has 0 amide bonds. The molecule has 0 bridgehead atoms. The Morgan fingerprint density at radius 2 is 2.08 bits per heavy atom. The molecule has 0 aliphatic heterocycles. The smallest absolute Gasteiger partial charge is 0.416 e. The molecule has 0 radical (unpaired) electrons. The number of methoxy groups -OCH3 is 1. The van der Waals surface area contributed by atoms with Crippen molar-refractivity contribution in [3.8, 4) is 5.75 Å². The van der Waals surface area contributed by atoms with Crippen LogP contribution in [0.15, 0.2) is 29.3 Å². The predicted octanol–water partition coefficient (Wildman–Crippen LogP) is 2.04. The fraction of sp³-hybridized carbons (Fsp3) is 0.588. The standard InChI is InChI=1S/C17H26F3N3O3/c1-3-21-16(22-8-5-9-25-2)23-11-14(24)12-26-15-7-4-6-13(10-15)17(18,19)20/h4,6-7,10,14,24H,3,5,8-9,11-12H2,1-2H3,(H2,21,22,23). The number of hydrogen-bond acceptors (Lipinski definition) is 4. The van der Waals surface area contributed by atoms with E-state index in [4.69, 9.17) is 9.47 Å². The zero-order chi connectivity index (χ0) is 19.4. The van der Waals surface area contributed by atoms with Gasteiger partial charge in [0.25, 0.3) is 0 Å². The van der Waals surface area contributed by atoms with Crippen LogP contribution in [0.5, 0.6) is 5.75 Å². The molecule has 0 saturated carbocycles. The molecule has 0 saturated heterocycles. The Labute approximate surface area is 151 Å². The first kappa shape index (κ1) is 22.0. The Hall–Kier alpha value is -2.00. The summed E-state index contributed by atoms with van der Waals surface area (Å²) in [5.74, 6) is 0.592. The van der Waals surface area contributed by atoms with E-state index >= 15 is 0 Å². The minimum Gasteiger partial charge on any atom is -0.491 e. The first-order chi connectivity index (χ1) is 12.4. The zero-order valence-electron chi connectivity index (χ0n) is 15.0. The van der Waals surface area contributed by atoms with Gasteiger partial charge in [0.05, 0.1) is 12.1 Å². The largest absolute Gasteiger partial charge is 0.491 e. The van der Waals surface area contributed by atoms with Gasteiger partial charge in [-0.15, -0.1) is 0 Å². The number of halogens is 3. The number of aliphatic imine (C=N–C) groups is 1. The molecule has 0 fully saturated rings. The lowest BCUT2D eigenvalue weighted by molar-refractivity contribution is -0.137. The van der Waals surface area contributed by atoms with Gasteiger partial charge >= 0.3 is 6.18 Å². The van der Waals surface area contributed by atoms with E-state index in [0.717, 1.165) is 18.6 Å². The van der Waals surface area contributed by atoms with Crippen molar-refractivity contribution >= 4 is 5.96 Å². The van der Waals surface area contributed by atoms with E-state index < -0.39 is 17.8 Å². The number of aliphatic hydroxyl groups excluding tert-OH is 1. The van der Waals surface area contributed by atoms with Crippen LogP contribution < -0.4 is 15.4 Å². The van der Waals surface area contributed by atoms with Gasteiger partial charge in [0, 0.05) is 26.8 Å². The van der Waals surface area contributed by atoms with Crippen molar-refractivity contribution in [1.82, 2.24) is 10.6 Å². The van der Waals surface area contributed by atoms with E-state index in [2.05, 4.69) is 15.6 Å². The molecule has 0 aliphatic rings. The van der Waals surface area contributed by atoms with Crippen molar-refractivity contribution in [3.05, 3.63) is 29.8 Å². The van der Waals surface area contributed by atoms with Crippen molar-refractivity contribution in [2.75, 3.05) is 40.0 Å². The van der Waals surface area contributed by atoms with E-state index in [0.29, 0.717) is 25.7 Å². The van der Waals surface area contributed by atoms with Crippen LogP contribution >= 0.6 is 0 Å². The topological polar surface area (TPSA) is 75.1 Å². The monoisotopic (exact) mass is 377 g/mol. The quantitative estimate of drug-likeness (QED) is 0.331. The van der Waals surface area contributed by atoms with E-state index in [1.807, 2.05) is 6.92 Å². The fourth-order valence-corrected chi connectivity index (χ4v) is 1.97. The van der Waals surface area contributed by atoms with Crippen LogP contribution in [0, 0.1) is 0 Å². The maximum atomic E-state index is 12.7. The summed E-state index contributed by atoms with van der Waals surface area (Å²) in [6, 6.07) is 4.53. The summed E-state index contributed by atoms with van der Waals surface area (Å²) < 4.78 is 48.2. The van der Waals surface area contributed by atoms with Crippen molar-refractivity contribution in [1.29, 1.82) is 0 Å². The van der Waals surface area contributed by atoms with Crippen molar-refractivity contribution in [2.24, 2.45) is 4.99 Å². The second-order valence-electron chi connectivity index (χ2n) is 5.48. The second kappa shape index (κ2) is 11.6. The van der Waals surface area contributed by atoms with E-state index in [9.17, 15) is 18.3 Å². The summed E-state index contributed by atoms with van der Waals surface area (Å²) in [6.45, 7) is 3.76. The van der Waals surface area contributed by atoms with Crippen LogP contribution in [0.25, 0.3) is 0 Å². The number of nitrogens with one attached hydrogen (secondary N) is 2. The van der Waals surface area contributed by atoms with Gasteiger partial charge in [-0.25, -0.2) is 0 Å². The number of nitrogens with zero attached hydrogens (tertiary/aromatic N) is 1. The second-order valence-corrected chi connectivity index (χ2v) is 5.48. The average molecular weight is 377 g/mol. The average Bonchev–Trinajstić information content (AvgIpc) is 2.61. The summed E-state index contributed by atoms with van der Waals surface area (Å²) >= 11 is 0. The highest BCUT2D eigenvalue weighted by Crippen LogP contribution is 2.31. The minimum atomic E-state index is -4.43. The lowest BCUT2D eigenvalue weighted by atomic mass is 10.2. The maximum absolute atomic E-state index is 12.7. The molecule has 0 spiro atoms. The van der Waals surface area contributed by atoms with Crippen LogP contribution in [0.4, 0.5) is 13.2 Å². The highest BCUT2D eigenvalue weighted by atomic mass is 19.4. The summed E-state index contributed by atoms with van der Waals surface area (Å²) in [5.41, 5.74) is -0.794. The Morgan fingerprint density at radius 3 is 2.73 bits per heavy atom. The number of guanidine groups is 1. The first-order valence-electron chi connectivity index (χ1n) is 8.36. The van der Waals surface area contributed by atoms with Gasteiger partial charge in [-0.3, -0.25) is 4.99 Å². The number of benzene rings is 1. The third-order valence-electron chi connectivity index (χ3n) is 3.23. The van der Waals surface area contributed by atoms with Gasteiger partial charge < -0.3 is 25.2 Å². The summed E-state index contributed by atoms with van der Waals surface area (Å²) in [6.07, 6.45) is -4.57. The van der Waals surface area contributed by atoms with Crippen LogP contribution in [0.3, 0.4) is 0 Å². The lowest BCUT2D eigenvalue weighted by Gasteiger charge is -2.14. The van der Waals surface area contributed by atoms with Gasteiger partial charge in [-0.2, -0.15) is 13.2 Å². The molecule has 0 aromatic heterocycles. The molecule has 9 heteroatoms. The molecule has 148 valence electrons. The molecular formula is C17H26F3N3O3. The molecule has 1 aromatic carbocycles. The first-order valence-corrected chi connectivity index (χ1v) is 8.36. The van der Waals surface area contributed by atoms with Gasteiger partial charge in [-0.1, -0.05) is 6.07 Å². The Balaban J connectivity index is 2.47. The number of hydrogen-bond donors (Lipinski definition) is 3. The van der Waals surface area contributed by atoms with Gasteiger partial charge in [-0.05, 0) is 31.5 Å². The normalized spacial score (nSPS) is 13.4. The lowest BCUT2D eigenvalue weighted by Crippen LogP contribution is -2.39. The Bertz CT molecular complexity index is 554. The molecule has 1 aromatic rings. The zero-order valence-corrected chi connectivity index (χ0v) is 15.0.